The van der Waals surface area contributed by atoms with E-state index in [4.69, 9.17) is 5.73 Å². The van der Waals surface area contributed by atoms with Gasteiger partial charge in [0.15, 0.2) is 5.11 Å². The van der Waals surface area contributed by atoms with Crippen LogP contribution in [0.2, 0.25) is 0 Å². The van der Waals surface area contributed by atoms with E-state index in [9.17, 15) is 4.39 Å². The van der Waals surface area contributed by atoms with Crippen LogP contribution in [0.15, 0.2) is 23.3 Å². The fourth-order valence-electron chi connectivity index (χ4n) is 4.07. The van der Waals surface area contributed by atoms with Gasteiger partial charge in [0.25, 0.3) is 0 Å². The summed E-state index contributed by atoms with van der Waals surface area (Å²) in [4.78, 5) is 2.18. The van der Waals surface area contributed by atoms with Crippen LogP contribution in [0.25, 0.3) is 0 Å². The first-order chi connectivity index (χ1) is 11.6. The number of hydrogen-bond acceptors (Lipinski definition) is 3. The number of halogens is 1. The van der Waals surface area contributed by atoms with Crippen LogP contribution >= 0.6 is 12.2 Å². The van der Waals surface area contributed by atoms with Crippen molar-refractivity contribution in [3.63, 3.8) is 0 Å². The summed E-state index contributed by atoms with van der Waals surface area (Å²) in [5.41, 5.74) is 9.13. The van der Waals surface area contributed by atoms with E-state index in [1.807, 2.05) is 12.1 Å². The SMILES string of the molecule is NC(=S)NN=Cc1ccc(N2CCC(C3CCCC3)CC2)c(F)c1. The molecule has 0 unspecified atom stereocenters. The summed E-state index contributed by atoms with van der Waals surface area (Å²) in [7, 11) is 0. The first-order valence-electron chi connectivity index (χ1n) is 8.76. The highest BCUT2D eigenvalue weighted by atomic mass is 32.1. The van der Waals surface area contributed by atoms with Gasteiger partial charge in [-0.05, 0) is 54.6 Å². The third kappa shape index (κ3) is 4.23. The Morgan fingerprint density at radius 1 is 1.21 bits per heavy atom. The summed E-state index contributed by atoms with van der Waals surface area (Å²) >= 11 is 4.66. The van der Waals surface area contributed by atoms with E-state index in [1.165, 1.54) is 50.8 Å². The molecule has 3 N–H and O–H groups in total. The van der Waals surface area contributed by atoms with Crippen molar-refractivity contribution in [2.24, 2.45) is 22.7 Å². The van der Waals surface area contributed by atoms with Crippen molar-refractivity contribution >= 4 is 29.2 Å². The molecule has 2 aliphatic rings. The van der Waals surface area contributed by atoms with Gasteiger partial charge < -0.3 is 10.6 Å². The quantitative estimate of drug-likeness (QED) is 0.497. The van der Waals surface area contributed by atoms with Crippen LogP contribution in [0.3, 0.4) is 0 Å². The molecule has 24 heavy (non-hydrogen) atoms. The molecule has 0 amide bonds. The van der Waals surface area contributed by atoms with Crippen LogP contribution in [-0.4, -0.2) is 24.4 Å². The molecule has 1 aliphatic heterocycles. The predicted octanol–water partition coefficient (Wildman–Crippen LogP) is 3.40. The summed E-state index contributed by atoms with van der Waals surface area (Å²) in [5, 5.41) is 3.95. The van der Waals surface area contributed by atoms with E-state index in [0.29, 0.717) is 11.3 Å². The highest BCUT2D eigenvalue weighted by molar-refractivity contribution is 7.80. The summed E-state index contributed by atoms with van der Waals surface area (Å²) in [6, 6.07) is 5.21. The molecular formula is C18H25FN4S. The normalized spacial score (nSPS) is 20.0. The number of piperidine rings is 1. The molecule has 3 rings (SSSR count). The van der Waals surface area contributed by atoms with Crippen LogP contribution in [0.5, 0.6) is 0 Å². The molecule has 1 saturated carbocycles. The van der Waals surface area contributed by atoms with Gasteiger partial charge in [-0.3, -0.25) is 5.43 Å². The molecular weight excluding hydrogens is 323 g/mol. The number of rotatable bonds is 4. The lowest BCUT2D eigenvalue weighted by molar-refractivity contribution is 0.278. The van der Waals surface area contributed by atoms with Gasteiger partial charge in [0.05, 0.1) is 11.9 Å². The number of nitrogens with one attached hydrogen (secondary N) is 1. The zero-order chi connectivity index (χ0) is 16.9. The molecule has 0 radical (unpaired) electrons. The first kappa shape index (κ1) is 17.1. The van der Waals surface area contributed by atoms with Crippen LogP contribution in [0, 0.1) is 17.7 Å². The van der Waals surface area contributed by atoms with Gasteiger partial charge in [-0.2, -0.15) is 5.10 Å². The van der Waals surface area contributed by atoms with Gasteiger partial charge in [0.1, 0.15) is 5.82 Å². The van der Waals surface area contributed by atoms with Crippen molar-refractivity contribution in [2.75, 3.05) is 18.0 Å². The molecule has 130 valence electrons. The van der Waals surface area contributed by atoms with Gasteiger partial charge >= 0.3 is 0 Å². The monoisotopic (exact) mass is 348 g/mol. The van der Waals surface area contributed by atoms with E-state index >= 15 is 0 Å². The standard InChI is InChI=1S/C18H25FN4S/c19-16-11-13(12-21-22-18(20)24)5-6-17(16)23-9-7-15(8-10-23)14-3-1-2-4-14/h5-6,11-12,14-15H,1-4,7-10H2,(H3,20,22,24). The molecule has 2 fully saturated rings. The maximum atomic E-state index is 14.4. The minimum atomic E-state index is -0.200. The Morgan fingerprint density at radius 3 is 2.50 bits per heavy atom. The van der Waals surface area contributed by atoms with Gasteiger partial charge in [0.2, 0.25) is 0 Å². The Kier molecular flexibility index (Phi) is 5.66. The average Bonchev–Trinajstić information content (AvgIpc) is 3.09. The van der Waals surface area contributed by atoms with Crippen molar-refractivity contribution in [1.29, 1.82) is 0 Å². The van der Waals surface area contributed by atoms with Gasteiger partial charge in [-0.15, -0.1) is 0 Å². The lowest BCUT2D eigenvalue weighted by Crippen LogP contribution is -2.36. The highest BCUT2D eigenvalue weighted by Crippen LogP contribution is 2.37. The number of benzene rings is 1. The minimum absolute atomic E-state index is 0.0912. The van der Waals surface area contributed by atoms with Gasteiger partial charge in [-0.25, -0.2) is 4.39 Å². The van der Waals surface area contributed by atoms with E-state index in [1.54, 1.807) is 0 Å². The highest BCUT2D eigenvalue weighted by Gasteiger charge is 2.29. The molecule has 0 atom stereocenters. The zero-order valence-electron chi connectivity index (χ0n) is 13.9. The van der Waals surface area contributed by atoms with Crippen LogP contribution in [0.4, 0.5) is 10.1 Å². The number of anilines is 1. The van der Waals surface area contributed by atoms with Crippen molar-refractivity contribution in [2.45, 2.75) is 38.5 Å². The number of hydrogen-bond donors (Lipinski definition) is 2. The zero-order valence-corrected chi connectivity index (χ0v) is 14.7. The average molecular weight is 348 g/mol. The Labute approximate surface area is 148 Å². The molecule has 1 saturated heterocycles. The van der Waals surface area contributed by atoms with E-state index < -0.39 is 0 Å². The molecule has 6 heteroatoms. The molecule has 0 bridgehead atoms. The first-order valence-corrected chi connectivity index (χ1v) is 9.17. The number of hydrazone groups is 1. The maximum absolute atomic E-state index is 14.4. The number of nitrogens with zero attached hydrogens (tertiary/aromatic N) is 2. The summed E-state index contributed by atoms with van der Waals surface area (Å²) in [6.07, 6.45) is 9.47. The molecule has 1 aliphatic carbocycles. The third-order valence-electron chi connectivity index (χ3n) is 5.31. The van der Waals surface area contributed by atoms with Gasteiger partial charge in [-0.1, -0.05) is 31.7 Å². The van der Waals surface area contributed by atoms with Crippen LogP contribution in [-0.2, 0) is 0 Å². The van der Waals surface area contributed by atoms with E-state index in [0.717, 1.165) is 24.9 Å². The summed E-state index contributed by atoms with van der Waals surface area (Å²) < 4.78 is 14.4. The minimum Gasteiger partial charge on any atom is -0.375 e. The van der Waals surface area contributed by atoms with Gasteiger partial charge in [0, 0.05) is 13.1 Å². The van der Waals surface area contributed by atoms with Crippen LogP contribution < -0.4 is 16.1 Å². The molecule has 1 heterocycles. The fraction of sp³-hybridized carbons (Fsp3) is 0.556. The fourth-order valence-corrected chi connectivity index (χ4v) is 4.12. The van der Waals surface area contributed by atoms with Crippen molar-refractivity contribution in [1.82, 2.24) is 5.43 Å². The van der Waals surface area contributed by atoms with Crippen LogP contribution in [0.1, 0.15) is 44.1 Å². The Morgan fingerprint density at radius 2 is 1.88 bits per heavy atom. The number of thiocarbonyl (C=S) groups is 1. The van der Waals surface area contributed by atoms with Crippen molar-refractivity contribution in [3.05, 3.63) is 29.6 Å². The number of nitrogens with two attached hydrogens (primary N) is 1. The second-order valence-corrected chi connectivity index (χ2v) is 7.25. The maximum Gasteiger partial charge on any atom is 0.184 e. The second kappa shape index (κ2) is 7.92. The Hall–Kier alpha value is -1.69. The largest absolute Gasteiger partial charge is 0.375 e. The van der Waals surface area contributed by atoms with Crippen molar-refractivity contribution in [3.8, 4) is 0 Å². The Bertz CT molecular complexity index is 605. The molecule has 0 spiro atoms. The summed E-state index contributed by atoms with van der Waals surface area (Å²) in [5.74, 6) is 1.55. The molecule has 1 aromatic carbocycles. The lowest BCUT2D eigenvalue weighted by Gasteiger charge is -2.36. The van der Waals surface area contributed by atoms with Crippen molar-refractivity contribution < 1.29 is 4.39 Å². The Balaban J connectivity index is 1.59. The van der Waals surface area contributed by atoms with E-state index in [-0.39, 0.29) is 10.9 Å². The second-order valence-electron chi connectivity index (χ2n) is 6.81. The molecule has 0 aromatic heterocycles. The third-order valence-corrected chi connectivity index (χ3v) is 5.40. The molecule has 1 aromatic rings. The molecule has 4 nitrogen and oxygen atoms in total. The topological polar surface area (TPSA) is 53.6 Å². The summed E-state index contributed by atoms with van der Waals surface area (Å²) in [6.45, 7) is 1.91. The predicted molar refractivity (Wildman–Crippen MR) is 101 cm³/mol. The van der Waals surface area contributed by atoms with E-state index in [2.05, 4.69) is 27.6 Å². The lowest BCUT2D eigenvalue weighted by atomic mass is 9.83. The smallest absolute Gasteiger partial charge is 0.184 e.